The van der Waals surface area contributed by atoms with Crippen LogP contribution in [0.2, 0.25) is 0 Å². The van der Waals surface area contributed by atoms with E-state index in [1.54, 1.807) is 0 Å². The van der Waals surface area contributed by atoms with Crippen LogP contribution in [0.25, 0.3) is 0 Å². The molecular weight excluding hydrogens is 157 g/mol. The predicted octanol–water partition coefficient (Wildman–Crippen LogP) is -2.84. The molecule has 0 aliphatic heterocycles. The Morgan fingerprint density at radius 3 is 1.56 bits per heavy atom. The number of hydrogen-bond donors (Lipinski definition) is 1. The van der Waals surface area contributed by atoms with Gasteiger partial charge in [-0.15, -0.1) is 0 Å². The van der Waals surface area contributed by atoms with E-state index < -0.39 is 5.09 Å². The van der Waals surface area contributed by atoms with E-state index in [4.69, 9.17) is 20.6 Å². The second-order valence-electron chi connectivity index (χ2n) is 0.315. The monoisotopic (exact) mass is 161 g/mol. The van der Waals surface area contributed by atoms with Gasteiger partial charge < -0.3 is 34.1 Å². The van der Waals surface area contributed by atoms with Crippen LogP contribution in [0.4, 0.5) is 0 Å². The van der Waals surface area contributed by atoms with Crippen molar-refractivity contribution in [2.24, 2.45) is 0 Å². The zero-order valence-electron chi connectivity index (χ0n) is 5.03. The van der Waals surface area contributed by atoms with Crippen molar-refractivity contribution in [3.8, 4) is 5.40 Å². The molecule has 0 aromatic rings. The third kappa shape index (κ3) is 16000. The van der Waals surface area contributed by atoms with Crippen LogP contribution in [0.15, 0.2) is 0 Å². The summed E-state index contributed by atoms with van der Waals surface area (Å²) in [7, 11) is 0. The summed E-state index contributed by atoms with van der Waals surface area (Å²) < 4.78 is 0. The predicted molar refractivity (Wildman–Crippen MR) is 29.3 cm³/mol. The van der Waals surface area contributed by atoms with E-state index in [0.717, 1.165) is 0 Å². The summed E-state index contributed by atoms with van der Waals surface area (Å²) in [6.45, 7) is 0. The van der Waals surface area contributed by atoms with Crippen molar-refractivity contribution in [3.63, 3.8) is 0 Å². The summed E-state index contributed by atoms with van der Waals surface area (Å²) in [4.78, 5) is 8.25. The Labute approximate surface area is 79.2 Å². The van der Waals surface area contributed by atoms with Gasteiger partial charge in [0.25, 0.3) is 0 Å². The normalized spacial score (nSPS) is 3.44. The molecule has 9 heavy (non-hydrogen) atoms. The van der Waals surface area contributed by atoms with Gasteiger partial charge in [0.2, 0.25) is 0 Å². The van der Waals surface area contributed by atoms with Crippen molar-refractivity contribution in [2.45, 2.75) is 0 Å². The van der Waals surface area contributed by atoms with E-state index in [-0.39, 0.29) is 35.7 Å². The summed E-state index contributed by atoms with van der Waals surface area (Å²) in [5, 5.41) is 23.2. The molecule has 0 aromatic carbocycles. The molecule has 0 rings (SSSR count). The fourth-order valence-corrected chi connectivity index (χ4v) is 0. The topological polar surface area (TPSA) is 126 Å². The number of nitrogens with zero attached hydrogens (tertiary/aromatic N) is 2. The van der Waals surface area contributed by atoms with Gasteiger partial charge in [-0.3, -0.25) is 0 Å². The molecule has 0 aliphatic rings. The molecule has 4 N–H and O–H groups in total. The van der Waals surface area contributed by atoms with Crippen LogP contribution in [0.5, 0.6) is 0 Å². The molecule has 0 heterocycles. The van der Waals surface area contributed by atoms with Crippen LogP contribution >= 0.6 is 0 Å². The fraction of sp³-hybridized carbons (Fsp3) is 0. The molecule has 0 amide bonds. The van der Waals surface area contributed by atoms with E-state index in [2.05, 4.69) is 12.6 Å². The summed E-state index contributed by atoms with van der Waals surface area (Å²) in [5.41, 5.74) is 0. The van der Waals surface area contributed by atoms with Gasteiger partial charge in [0.15, 0.2) is 0 Å². The van der Waals surface area contributed by atoms with Crippen molar-refractivity contribution in [1.82, 2.24) is 6.15 Å². The maximum atomic E-state index is 8.25. The molecule has 0 atom stereocenters. The van der Waals surface area contributed by atoms with Crippen LogP contribution in [0.3, 0.4) is 0 Å². The Bertz CT molecular complexity index is 87.5. The second kappa shape index (κ2) is 24.8. The van der Waals surface area contributed by atoms with Gasteiger partial charge in [-0.2, -0.15) is 0 Å². The summed E-state index contributed by atoms with van der Waals surface area (Å²) >= 11 is 3.70. The number of quaternary nitrogens is 1. The first-order chi connectivity index (χ1) is 3.15. The molecular formula is CH4N3NaO3S. The smallest absolute Gasteiger partial charge is 0.696 e. The molecule has 6 nitrogen and oxygen atoms in total. The number of rotatable bonds is 0. The number of nitriles is 1. The molecule has 0 saturated carbocycles. The quantitative estimate of drug-likeness (QED) is 0.134. The zero-order chi connectivity index (χ0) is 6.28. The van der Waals surface area contributed by atoms with Gasteiger partial charge in [0.1, 0.15) is 0 Å². The molecule has 0 fully saturated rings. The maximum absolute atomic E-state index is 8.25. The van der Waals surface area contributed by atoms with Crippen LogP contribution in [-0.2, 0) is 12.6 Å². The van der Waals surface area contributed by atoms with Crippen molar-refractivity contribution in [1.29, 1.82) is 5.26 Å². The van der Waals surface area contributed by atoms with E-state index in [0.29, 0.717) is 0 Å². The number of hydrogen-bond acceptors (Lipinski definition) is 5. The maximum Gasteiger partial charge on any atom is 1.00 e. The summed E-state index contributed by atoms with van der Waals surface area (Å²) in [6.07, 6.45) is 0. The average molecular weight is 161 g/mol. The van der Waals surface area contributed by atoms with E-state index >= 15 is 0 Å². The Kier molecular flexibility index (Phi) is 63.8. The Morgan fingerprint density at radius 1 is 1.56 bits per heavy atom. The summed E-state index contributed by atoms with van der Waals surface area (Å²) in [5.74, 6) is 0. The molecule has 8 heteroatoms. The minimum absolute atomic E-state index is 0. The van der Waals surface area contributed by atoms with Crippen molar-refractivity contribution in [2.75, 3.05) is 0 Å². The van der Waals surface area contributed by atoms with Gasteiger partial charge in [-0.05, 0) is 0 Å². The van der Waals surface area contributed by atoms with Crippen LogP contribution in [0.1, 0.15) is 0 Å². The first kappa shape index (κ1) is 23.2. The molecule has 0 bridgehead atoms. The van der Waals surface area contributed by atoms with E-state index in [1.165, 1.54) is 5.40 Å². The van der Waals surface area contributed by atoms with Crippen molar-refractivity contribution < 1.29 is 34.6 Å². The first-order valence-electron chi connectivity index (χ1n) is 0.975. The van der Waals surface area contributed by atoms with Gasteiger partial charge in [-0.1, -0.05) is 5.40 Å². The molecule has 0 spiro atoms. The van der Waals surface area contributed by atoms with E-state index in [1.807, 2.05) is 0 Å². The molecule has 0 radical (unpaired) electrons. The largest absolute Gasteiger partial charge is 1.00 e. The van der Waals surface area contributed by atoms with Crippen LogP contribution in [-0.4, -0.2) is 5.09 Å². The van der Waals surface area contributed by atoms with Crippen molar-refractivity contribution >= 4 is 12.6 Å². The van der Waals surface area contributed by atoms with E-state index in [9.17, 15) is 0 Å². The Hall–Kier alpha value is -0.130. The first-order valence-corrected chi connectivity index (χ1v) is 1.38. The Balaban J connectivity index is -0.0000000233. The average Bonchev–Trinajstić information content (AvgIpc) is 1.33. The minimum atomic E-state index is -1.75. The Morgan fingerprint density at radius 2 is 1.56 bits per heavy atom. The van der Waals surface area contributed by atoms with Crippen LogP contribution < -0.4 is 35.7 Å². The summed E-state index contributed by atoms with van der Waals surface area (Å²) in [6, 6.07) is 0. The zero-order valence-corrected chi connectivity index (χ0v) is 7.84. The number of thiocyanates is 1. The fourth-order valence-electron chi connectivity index (χ4n) is 0. The molecule has 0 aromatic heterocycles. The van der Waals surface area contributed by atoms with Crippen LogP contribution in [0, 0.1) is 26.0 Å². The van der Waals surface area contributed by atoms with Gasteiger partial charge in [-0.25, -0.2) is 5.26 Å². The third-order valence-corrected chi connectivity index (χ3v) is 0. The van der Waals surface area contributed by atoms with Gasteiger partial charge >= 0.3 is 29.6 Å². The van der Waals surface area contributed by atoms with Gasteiger partial charge in [0, 0.05) is 0 Å². The second-order valence-corrected chi connectivity index (χ2v) is 0.497. The third-order valence-electron chi connectivity index (χ3n) is 0. The van der Waals surface area contributed by atoms with Crippen molar-refractivity contribution in [3.05, 3.63) is 15.3 Å². The molecule has 48 valence electrons. The SMILES string of the molecule is N#C[S-].O=[N+]([O-])[O-].[NH4+].[Na+]. The standard InChI is InChI=1S/CHNS.NO3.H3N.Na/c2-1-3;2-1(3)4;;/h3H;;1H3;/q;-1;;+1. The molecule has 0 aliphatic carbocycles. The van der Waals surface area contributed by atoms with Gasteiger partial charge in [0.05, 0.1) is 5.09 Å². The molecule has 0 unspecified atom stereocenters. The molecule has 0 saturated heterocycles. The minimum Gasteiger partial charge on any atom is -0.696 e.